The Kier molecular flexibility index (Phi) is 5.13. The SMILES string of the molecule is O=C(NC(C1CCC1)C1CC1)c1ccccc1Cn1cc(-c2ccc3cnccc3c2)nn1. The van der Waals surface area contributed by atoms with E-state index in [1.54, 1.807) is 6.20 Å². The lowest BCUT2D eigenvalue weighted by atomic mass is 9.78. The second kappa shape index (κ2) is 8.43. The largest absolute Gasteiger partial charge is 0.349 e. The number of hydrogen-bond acceptors (Lipinski definition) is 4. The van der Waals surface area contributed by atoms with E-state index in [0.717, 1.165) is 33.2 Å². The number of fused-ring (bicyclic) bond motifs is 1. The van der Waals surface area contributed by atoms with Gasteiger partial charge in [0.25, 0.3) is 5.91 Å². The van der Waals surface area contributed by atoms with Crippen molar-refractivity contribution in [2.24, 2.45) is 11.8 Å². The van der Waals surface area contributed by atoms with Crippen molar-refractivity contribution >= 4 is 16.7 Å². The highest BCUT2D eigenvalue weighted by Gasteiger charge is 2.39. The number of carbonyl (C=O) groups is 1. The minimum absolute atomic E-state index is 0.0397. The minimum Gasteiger partial charge on any atom is -0.349 e. The van der Waals surface area contributed by atoms with E-state index in [1.165, 1.54) is 32.1 Å². The smallest absolute Gasteiger partial charge is 0.251 e. The summed E-state index contributed by atoms with van der Waals surface area (Å²) < 4.78 is 1.81. The Morgan fingerprint density at radius 1 is 1.03 bits per heavy atom. The van der Waals surface area contributed by atoms with Crippen LogP contribution in [0.15, 0.2) is 67.1 Å². The predicted octanol–water partition coefficient (Wildman–Crippen LogP) is 4.85. The summed E-state index contributed by atoms with van der Waals surface area (Å²) in [5.74, 6) is 1.36. The summed E-state index contributed by atoms with van der Waals surface area (Å²) in [6, 6.07) is 16.4. The average molecular weight is 438 g/mol. The Labute approximate surface area is 193 Å². The first-order chi connectivity index (χ1) is 16.2. The van der Waals surface area contributed by atoms with Crippen LogP contribution in [0.2, 0.25) is 0 Å². The monoisotopic (exact) mass is 437 g/mol. The fourth-order valence-corrected chi connectivity index (χ4v) is 4.91. The molecule has 166 valence electrons. The third-order valence-corrected chi connectivity index (χ3v) is 7.15. The zero-order chi connectivity index (χ0) is 22.2. The number of hydrogen-bond donors (Lipinski definition) is 1. The lowest BCUT2D eigenvalue weighted by molar-refractivity contribution is 0.0887. The average Bonchev–Trinajstić information content (AvgIpc) is 3.56. The Morgan fingerprint density at radius 2 is 1.88 bits per heavy atom. The second-order valence-electron chi connectivity index (χ2n) is 9.42. The molecule has 1 N–H and O–H groups in total. The number of pyridine rings is 1. The van der Waals surface area contributed by atoms with Crippen molar-refractivity contribution in [2.75, 3.05) is 0 Å². The summed E-state index contributed by atoms with van der Waals surface area (Å²) in [4.78, 5) is 17.4. The van der Waals surface area contributed by atoms with Crippen LogP contribution in [0.1, 0.15) is 48.0 Å². The van der Waals surface area contributed by atoms with Gasteiger partial charge >= 0.3 is 0 Å². The Balaban J connectivity index is 1.21. The normalized spacial score (nSPS) is 17.0. The van der Waals surface area contributed by atoms with Crippen LogP contribution in [0.25, 0.3) is 22.0 Å². The van der Waals surface area contributed by atoms with Gasteiger partial charge in [-0.05, 0) is 66.7 Å². The summed E-state index contributed by atoms with van der Waals surface area (Å²) in [6.07, 6.45) is 11.9. The lowest BCUT2D eigenvalue weighted by Gasteiger charge is -2.34. The van der Waals surface area contributed by atoms with Crippen LogP contribution in [0, 0.1) is 11.8 Å². The molecule has 2 saturated carbocycles. The van der Waals surface area contributed by atoms with Crippen molar-refractivity contribution in [1.82, 2.24) is 25.3 Å². The second-order valence-corrected chi connectivity index (χ2v) is 9.42. The molecule has 1 atom stereocenters. The highest BCUT2D eigenvalue weighted by molar-refractivity contribution is 5.96. The highest BCUT2D eigenvalue weighted by atomic mass is 16.1. The van der Waals surface area contributed by atoms with Crippen molar-refractivity contribution in [3.8, 4) is 11.3 Å². The van der Waals surface area contributed by atoms with Gasteiger partial charge in [0.05, 0.1) is 12.7 Å². The first-order valence-corrected chi connectivity index (χ1v) is 11.9. The Hall–Kier alpha value is -3.54. The topological polar surface area (TPSA) is 72.7 Å². The molecule has 33 heavy (non-hydrogen) atoms. The molecule has 1 unspecified atom stereocenters. The van der Waals surface area contributed by atoms with Crippen LogP contribution < -0.4 is 5.32 Å². The molecule has 4 aromatic rings. The molecule has 2 heterocycles. The standard InChI is InChI=1S/C27H27N5O/c33-27(29-26(19-8-9-19)18-5-3-6-18)24-7-2-1-4-23(24)16-32-17-25(30-31-32)21-10-11-22-15-28-13-12-20(22)14-21/h1-2,4,7,10-15,17-19,26H,3,5-6,8-9,16H2,(H,29,33). The van der Waals surface area contributed by atoms with Gasteiger partial charge in [-0.3, -0.25) is 9.78 Å². The molecule has 2 aliphatic rings. The molecule has 0 bridgehead atoms. The van der Waals surface area contributed by atoms with E-state index in [0.29, 0.717) is 24.4 Å². The van der Waals surface area contributed by atoms with Gasteiger partial charge in [-0.1, -0.05) is 42.0 Å². The molecular weight excluding hydrogens is 410 g/mol. The Bertz CT molecular complexity index is 1300. The van der Waals surface area contributed by atoms with Crippen LogP contribution >= 0.6 is 0 Å². The number of nitrogens with zero attached hydrogens (tertiary/aromatic N) is 4. The molecule has 0 aliphatic heterocycles. The maximum atomic E-state index is 13.2. The van der Waals surface area contributed by atoms with E-state index in [4.69, 9.17) is 0 Å². The third-order valence-electron chi connectivity index (χ3n) is 7.15. The summed E-state index contributed by atoms with van der Waals surface area (Å²) in [5, 5.41) is 14.3. The number of benzene rings is 2. The zero-order valence-electron chi connectivity index (χ0n) is 18.5. The highest BCUT2D eigenvalue weighted by Crippen LogP contribution is 2.42. The molecule has 1 amide bonds. The first kappa shape index (κ1) is 20.1. The molecule has 6 rings (SSSR count). The minimum atomic E-state index is 0.0397. The summed E-state index contributed by atoms with van der Waals surface area (Å²) in [6.45, 7) is 0.506. The van der Waals surface area contributed by atoms with Crippen LogP contribution in [0.3, 0.4) is 0 Å². The zero-order valence-corrected chi connectivity index (χ0v) is 18.5. The quantitative estimate of drug-likeness (QED) is 0.449. The summed E-state index contributed by atoms with van der Waals surface area (Å²) in [5.41, 5.74) is 3.52. The molecule has 2 aromatic carbocycles. The van der Waals surface area contributed by atoms with Crippen molar-refractivity contribution < 1.29 is 4.79 Å². The van der Waals surface area contributed by atoms with Gasteiger partial charge in [0.15, 0.2) is 0 Å². The molecule has 2 fully saturated rings. The number of aromatic nitrogens is 4. The molecule has 6 nitrogen and oxygen atoms in total. The predicted molar refractivity (Wildman–Crippen MR) is 128 cm³/mol. The number of carbonyl (C=O) groups excluding carboxylic acids is 1. The van der Waals surface area contributed by atoms with Gasteiger partial charge in [0.2, 0.25) is 0 Å². The first-order valence-electron chi connectivity index (χ1n) is 11.9. The maximum Gasteiger partial charge on any atom is 0.251 e. The number of amides is 1. The fourth-order valence-electron chi connectivity index (χ4n) is 4.91. The van der Waals surface area contributed by atoms with Crippen LogP contribution in [-0.4, -0.2) is 31.9 Å². The third kappa shape index (κ3) is 4.13. The van der Waals surface area contributed by atoms with E-state index in [-0.39, 0.29) is 5.91 Å². The van der Waals surface area contributed by atoms with Crippen molar-refractivity contribution in [1.29, 1.82) is 0 Å². The van der Waals surface area contributed by atoms with Crippen molar-refractivity contribution in [3.63, 3.8) is 0 Å². The number of nitrogens with one attached hydrogen (secondary N) is 1. The van der Waals surface area contributed by atoms with Gasteiger partial charge in [0.1, 0.15) is 5.69 Å². The molecule has 0 spiro atoms. The van der Waals surface area contributed by atoms with E-state index in [1.807, 2.05) is 53.5 Å². The van der Waals surface area contributed by atoms with Gasteiger partial charge in [-0.15, -0.1) is 5.10 Å². The van der Waals surface area contributed by atoms with Gasteiger partial charge in [-0.2, -0.15) is 0 Å². The fraction of sp³-hybridized carbons (Fsp3) is 0.333. The maximum absolute atomic E-state index is 13.2. The van der Waals surface area contributed by atoms with Crippen LogP contribution in [0.4, 0.5) is 0 Å². The summed E-state index contributed by atoms with van der Waals surface area (Å²) >= 11 is 0. The van der Waals surface area contributed by atoms with E-state index >= 15 is 0 Å². The molecule has 6 heteroatoms. The Morgan fingerprint density at radius 3 is 2.70 bits per heavy atom. The van der Waals surface area contributed by atoms with Gasteiger partial charge < -0.3 is 5.32 Å². The molecular formula is C27H27N5O. The van der Waals surface area contributed by atoms with Gasteiger partial charge in [0, 0.05) is 34.9 Å². The van der Waals surface area contributed by atoms with E-state index in [9.17, 15) is 4.79 Å². The van der Waals surface area contributed by atoms with E-state index < -0.39 is 0 Å². The van der Waals surface area contributed by atoms with Crippen molar-refractivity contribution in [2.45, 2.75) is 44.7 Å². The van der Waals surface area contributed by atoms with Crippen molar-refractivity contribution in [3.05, 3.63) is 78.2 Å². The van der Waals surface area contributed by atoms with Crippen LogP contribution in [-0.2, 0) is 6.54 Å². The molecule has 2 aromatic heterocycles. The molecule has 0 radical (unpaired) electrons. The van der Waals surface area contributed by atoms with E-state index in [2.05, 4.69) is 32.7 Å². The van der Waals surface area contributed by atoms with Crippen LogP contribution in [0.5, 0.6) is 0 Å². The number of rotatable bonds is 7. The summed E-state index contributed by atoms with van der Waals surface area (Å²) in [7, 11) is 0. The molecule has 2 aliphatic carbocycles. The molecule has 0 saturated heterocycles. The van der Waals surface area contributed by atoms with Gasteiger partial charge in [-0.25, -0.2) is 4.68 Å². The lowest BCUT2D eigenvalue weighted by Crippen LogP contribution is -2.44.